The summed E-state index contributed by atoms with van der Waals surface area (Å²) in [7, 11) is 2.16. The molecule has 0 radical (unpaired) electrons. The van der Waals surface area contributed by atoms with Gasteiger partial charge in [0.25, 0.3) is 0 Å². The number of aliphatic hydroxyl groups is 1. The molecule has 0 aromatic carbocycles. The molecule has 2 heterocycles. The summed E-state index contributed by atoms with van der Waals surface area (Å²) in [5.74, 6) is 0. The summed E-state index contributed by atoms with van der Waals surface area (Å²) in [6.07, 6.45) is 2.05. The molecule has 82 valence electrons. The third-order valence-electron chi connectivity index (χ3n) is 3.22. The Morgan fingerprint density at radius 3 is 2.57 bits per heavy atom. The Morgan fingerprint density at radius 2 is 2.00 bits per heavy atom. The molecule has 2 aliphatic rings. The fourth-order valence-corrected chi connectivity index (χ4v) is 2.18. The van der Waals surface area contributed by atoms with Crippen LogP contribution in [0.1, 0.15) is 12.8 Å². The van der Waals surface area contributed by atoms with E-state index < -0.39 is 0 Å². The van der Waals surface area contributed by atoms with Crippen LogP contribution in [0.3, 0.4) is 0 Å². The van der Waals surface area contributed by atoms with Crippen molar-refractivity contribution in [3.63, 3.8) is 0 Å². The Hall–Kier alpha value is -0.160. The van der Waals surface area contributed by atoms with Crippen molar-refractivity contribution < 1.29 is 9.84 Å². The molecule has 0 aromatic heterocycles. The fourth-order valence-electron chi connectivity index (χ4n) is 2.18. The Balaban J connectivity index is 1.74. The maximum atomic E-state index is 9.57. The molecule has 0 amide bonds. The van der Waals surface area contributed by atoms with Crippen LogP contribution < -0.4 is 5.32 Å². The molecule has 0 aromatic rings. The Labute approximate surface area is 85.2 Å². The van der Waals surface area contributed by atoms with Crippen LogP contribution in [0.25, 0.3) is 0 Å². The number of ether oxygens (including phenoxy) is 1. The van der Waals surface area contributed by atoms with Crippen molar-refractivity contribution in [2.24, 2.45) is 0 Å². The lowest BCUT2D eigenvalue weighted by atomic mass is 10.0. The van der Waals surface area contributed by atoms with E-state index in [1.54, 1.807) is 0 Å². The minimum atomic E-state index is -0.311. The second-order valence-corrected chi connectivity index (χ2v) is 4.46. The highest BCUT2D eigenvalue weighted by atomic mass is 16.5. The SMILES string of the molecule is CN1CCC(NC2COCC2O)CC1. The lowest BCUT2D eigenvalue weighted by Crippen LogP contribution is -2.49. The molecular formula is C10H20N2O2. The van der Waals surface area contributed by atoms with Gasteiger partial charge in [0.05, 0.1) is 25.4 Å². The van der Waals surface area contributed by atoms with Crippen molar-refractivity contribution in [3.8, 4) is 0 Å². The number of piperidine rings is 1. The van der Waals surface area contributed by atoms with E-state index >= 15 is 0 Å². The van der Waals surface area contributed by atoms with Crippen molar-refractivity contribution in [2.75, 3.05) is 33.4 Å². The van der Waals surface area contributed by atoms with Gasteiger partial charge in [-0.3, -0.25) is 0 Å². The number of nitrogens with zero attached hydrogens (tertiary/aromatic N) is 1. The first-order chi connectivity index (χ1) is 6.75. The molecule has 2 saturated heterocycles. The minimum Gasteiger partial charge on any atom is -0.389 e. The first-order valence-corrected chi connectivity index (χ1v) is 5.46. The quantitative estimate of drug-likeness (QED) is 0.626. The van der Waals surface area contributed by atoms with Gasteiger partial charge >= 0.3 is 0 Å². The number of aliphatic hydroxyl groups excluding tert-OH is 1. The maximum Gasteiger partial charge on any atom is 0.0948 e. The van der Waals surface area contributed by atoms with E-state index in [0.717, 1.165) is 13.1 Å². The average Bonchev–Trinajstić information content (AvgIpc) is 2.56. The summed E-state index contributed by atoms with van der Waals surface area (Å²) >= 11 is 0. The Morgan fingerprint density at radius 1 is 1.29 bits per heavy atom. The third kappa shape index (κ3) is 2.45. The van der Waals surface area contributed by atoms with Crippen molar-refractivity contribution in [1.29, 1.82) is 0 Å². The molecule has 0 saturated carbocycles. The molecule has 0 aliphatic carbocycles. The van der Waals surface area contributed by atoms with Gasteiger partial charge in [0.1, 0.15) is 0 Å². The van der Waals surface area contributed by atoms with E-state index in [0.29, 0.717) is 19.3 Å². The van der Waals surface area contributed by atoms with E-state index in [9.17, 15) is 5.11 Å². The highest BCUT2D eigenvalue weighted by Gasteiger charge is 2.29. The first kappa shape index (κ1) is 10.4. The van der Waals surface area contributed by atoms with Crippen LogP contribution in [0, 0.1) is 0 Å². The lowest BCUT2D eigenvalue weighted by Gasteiger charge is -2.31. The van der Waals surface area contributed by atoms with Crippen LogP contribution in [0.5, 0.6) is 0 Å². The molecule has 0 bridgehead atoms. The molecule has 0 spiro atoms. The van der Waals surface area contributed by atoms with E-state index in [1.165, 1.54) is 12.8 Å². The second-order valence-electron chi connectivity index (χ2n) is 4.46. The molecule has 2 N–H and O–H groups in total. The fraction of sp³-hybridized carbons (Fsp3) is 1.00. The van der Waals surface area contributed by atoms with Crippen LogP contribution in [0.15, 0.2) is 0 Å². The highest BCUT2D eigenvalue weighted by molar-refractivity contribution is 4.86. The molecular weight excluding hydrogens is 180 g/mol. The largest absolute Gasteiger partial charge is 0.389 e. The minimum absolute atomic E-state index is 0.156. The van der Waals surface area contributed by atoms with Crippen molar-refractivity contribution in [1.82, 2.24) is 10.2 Å². The number of rotatable bonds is 2. The number of nitrogens with one attached hydrogen (secondary N) is 1. The van der Waals surface area contributed by atoms with E-state index in [1.807, 2.05) is 0 Å². The summed E-state index contributed by atoms with van der Waals surface area (Å²) in [6.45, 7) is 3.46. The van der Waals surface area contributed by atoms with Gasteiger partial charge in [0.2, 0.25) is 0 Å². The van der Waals surface area contributed by atoms with Crippen LogP contribution in [-0.4, -0.2) is 61.5 Å². The maximum absolute atomic E-state index is 9.57. The number of hydrogen-bond donors (Lipinski definition) is 2. The van der Waals surface area contributed by atoms with E-state index in [2.05, 4.69) is 17.3 Å². The zero-order valence-electron chi connectivity index (χ0n) is 8.78. The summed E-state index contributed by atoms with van der Waals surface area (Å²) < 4.78 is 5.21. The van der Waals surface area contributed by atoms with Gasteiger partial charge in [0, 0.05) is 6.04 Å². The van der Waals surface area contributed by atoms with Gasteiger partial charge in [0.15, 0.2) is 0 Å². The first-order valence-electron chi connectivity index (χ1n) is 5.46. The van der Waals surface area contributed by atoms with Crippen LogP contribution in [-0.2, 0) is 4.74 Å². The molecule has 2 rings (SSSR count). The smallest absolute Gasteiger partial charge is 0.0948 e. The van der Waals surface area contributed by atoms with E-state index in [4.69, 9.17) is 4.74 Å². The molecule has 14 heavy (non-hydrogen) atoms. The van der Waals surface area contributed by atoms with Gasteiger partial charge in [-0.25, -0.2) is 0 Å². The zero-order valence-corrected chi connectivity index (χ0v) is 8.78. The monoisotopic (exact) mass is 200 g/mol. The Kier molecular flexibility index (Phi) is 3.38. The van der Waals surface area contributed by atoms with Crippen LogP contribution in [0.2, 0.25) is 0 Å². The predicted molar refractivity (Wildman–Crippen MR) is 54.3 cm³/mol. The molecule has 2 aliphatic heterocycles. The summed E-state index contributed by atoms with van der Waals surface area (Å²) in [5.41, 5.74) is 0. The average molecular weight is 200 g/mol. The molecule has 2 atom stereocenters. The van der Waals surface area contributed by atoms with Gasteiger partial charge < -0.3 is 20.1 Å². The summed E-state index contributed by atoms with van der Waals surface area (Å²) in [6, 6.07) is 0.718. The van der Waals surface area contributed by atoms with Gasteiger partial charge in [-0.05, 0) is 33.0 Å². The topological polar surface area (TPSA) is 44.7 Å². The van der Waals surface area contributed by atoms with Crippen molar-refractivity contribution in [3.05, 3.63) is 0 Å². The summed E-state index contributed by atoms with van der Waals surface area (Å²) in [4.78, 5) is 2.35. The molecule has 2 unspecified atom stereocenters. The Bertz CT molecular complexity index is 181. The second kappa shape index (κ2) is 4.57. The van der Waals surface area contributed by atoms with Gasteiger partial charge in [-0.2, -0.15) is 0 Å². The molecule has 4 nitrogen and oxygen atoms in total. The van der Waals surface area contributed by atoms with Crippen molar-refractivity contribution in [2.45, 2.75) is 31.0 Å². The van der Waals surface area contributed by atoms with E-state index in [-0.39, 0.29) is 12.1 Å². The molecule has 4 heteroatoms. The normalized spacial score (nSPS) is 36.4. The van der Waals surface area contributed by atoms with Crippen molar-refractivity contribution >= 4 is 0 Å². The zero-order chi connectivity index (χ0) is 9.97. The lowest BCUT2D eigenvalue weighted by molar-refractivity contribution is 0.119. The van der Waals surface area contributed by atoms with Crippen LogP contribution in [0.4, 0.5) is 0 Å². The highest BCUT2D eigenvalue weighted by Crippen LogP contribution is 2.12. The number of hydrogen-bond acceptors (Lipinski definition) is 4. The number of likely N-dealkylation sites (tertiary alicyclic amines) is 1. The standard InChI is InChI=1S/C10H20N2O2/c1-12-4-2-8(3-5-12)11-9-6-14-7-10(9)13/h8-11,13H,2-7H2,1H3. The summed E-state index contributed by atoms with van der Waals surface area (Å²) in [5, 5.41) is 13.1. The predicted octanol–water partition coefficient (Wildman–Crippen LogP) is -0.570. The van der Waals surface area contributed by atoms with Gasteiger partial charge in [-0.15, -0.1) is 0 Å². The third-order valence-corrected chi connectivity index (χ3v) is 3.22. The van der Waals surface area contributed by atoms with Gasteiger partial charge in [-0.1, -0.05) is 0 Å². The van der Waals surface area contributed by atoms with Crippen LogP contribution >= 0.6 is 0 Å². The molecule has 2 fully saturated rings.